The molecule has 0 amide bonds. The van der Waals surface area contributed by atoms with Gasteiger partial charge < -0.3 is 10.4 Å². The van der Waals surface area contributed by atoms with E-state index in [4.69, 9.17) is 0 Å². The van der Waals surface area contributed by atoms with Crippen molar-refractivity contribution in [2.75, 3.05) is 0 Å². The van der Waals surface area contributed by atoms with Gasteiger partial charge in [0.2, 0.25) is 0 Å². The molecule has 0 saturated heterocycles. The molecule has 4 nitrogen and oxygen atoms in total. The van der Waals surface area contributed by atoms with Crippen molar-refractivity contribution >= 4 is 0 Å². The van der Waals surface area contributed by atoms with E-state index in [0.29, 0.717) is 6.54 Å². The zero-order chi connectivity index (χ0) is 11.4. The van der Waals surface area contributed by atoms with Crippen LogP contribution in [0.5, 0.6) is 0 Å². The zero-order valence-electron chi connectivity index (χ0n) is 9.69. The smallest absolute Gasteiger partial charge is 0.125 e. The van der Waals surface area contributed by atoms with Gasteiger partial charge in [-0.15, -0.1) is 0 Å². The molecule has 2 atom stereocenters. The summed E-state index contributed by atoms with van der Waals surface area (Å²) in [6, 6.07) is 2.14. The van der Waals surface area contributed by atoms with Crippen LogP contribution in [0, 0.1) is 6.92 Å². The first kappa shape index (κ1) is 11.5. The van der Waals surface area contributed by atoms with E-state index in [9.17, 15) is 5.11 Å². The van der Waals surface area contributed by atoms with Gasteiger partial charge in [0.1, 0.15) is 5.82 Å². The fraction of sp³-hybridized carbons (Fsp3) is 0.667. The maximum Gasteiger partial charge on any atom is 0.125 e. The number of nitrogens with one attached hydrogen (secondary N) is 1. The molecule has 4 heteroatoms. The quantitative estimate of drug-likeness (QED) is 0.804. The summed E-state index contributed by atoms with van der Waals surface area (Å²) >= 11 is 0. The average Bonchev–Trinajstić information content (AvgIpc) is 2.28. The molecule has 1 aromatic rings. The van der Waals surface area contributed by atoms with Crippen molar-refractivity contribution in [2.45, 2.75) is 51.3 Å². The lowest BCUT2D eigenvalue weighted by atomic mass is 9.92. The fourth-order valence-corrected chi connectivity index (χ4v) is 2.19. The number of aliphatic hydroxyl groups excluding tert-OH is 1. The Morgan fingerprint density at radius 1 is 1.44 bits per heavy atom. The maximum atomic E-state index is 9.81. The Hall–Kier alpha value is -1.00. The Bertz CT molecular complexity index is 343. The topological polar surface area (TPSA) is 58.0 Å². The molecule has 2 unspecified atom stereocenters. The number of hydrogen-bond donors (Lipinski definition) is 2. The molecule has 2 rings (SSSR count). The summed E-state index contributed by atoms with van der Waals surface area (Å²) in [4.78, 5) is 8.39. The Balaban J connectivity index is 1.86. The molecular formula is C12H19N3O. The highest BCUT2D eigenvalue weighted by molar-refractivity contribution is 5.01. The molecule has 1 saturated carbocycles. The molecule has 1 aliphatic rings. The lowest BCUT2D eigenvalue weighted by Crippen LogP contribution is -2.41. The molecule has 1 aliphatic carbocycles. The second-order valence-corrected chi connectivity index (χ2v) is 4.43. The second-order valence-electron chi connectivity index (χ2n) is 4.43. The molecule has 0 spiro atoms. The number of aromatic nitrogens is 2. The van der Waals surface area contributed by atoms with E-state index in [1.165, 1.54) is 6.42 Å². The summed E-state index contributed by atoms with van der Waals surface area (Å²) in [7, 11) is 0. The van der Waals surface area contributed by atoms with E-state index in [0.717, 1.165) is 30.8 Å². The average molecular weight is 221 g/mol. The van der Waals surface area contributed by atoms with Gasteiger partial charge >= 0.3 is 0 Å². The Kier molecular flexibility index (Phi) is 3.85. The third-order valence-corrected chi connectivity index (χ3v) is 3.11. The van der Waals surface area contributed by atoms with Gasteiger partial charge in [-0.25, -0.2) is 9.97 Å². The summed E-state index contributed by atoms with van der Waals surface area (Å²) in [5, 5.41) is 13.2. The molecule has 16 heavy (non-hydrogen) atoms. The van der Waals surface area contributed by atoms with Crippen LogP contribution in [-0.2, 0) is 6.54 Å². The monoisotopic (exact) mass is 221 g/mol. The number of hydrogen-bond acceptors (Lipinski definition) is 4. The van der Waals surface area contributed by atoms with Gasteiger partial charge in [0, 0.05) is 18.8 Å². The van der Waals surface area contributed by atoms with Gasteiger partial charge in [0.25, 0.3) is 0 Å². The van der Waals surface area contributed by atoms with Crippen LogP contribution in [0.1, 0.15) is 37.2 Å². The molecule has 2 N–H and O–H groups in total. The third kappa shape index (κ3) is 3.00. The minimum Gasteiger partial charge on any atom is -0.392 e. The van der Waals surface area contributed by atoms with Gasteiger partial charge in [-0.1, -0.05) is 12.8 Å². The number of nitrogens with zero attached hydrogens (tertiary/aromatic N) is 2. The van der Waals surface area contributed by atoms with Crippen molar-refractivity contribution in [3.63, 3.8) is 0 Å². The van der Waals surface area contributed by atoms with E-state index in [1.807, 2.05) is 13.0 Å². The number of rotatable bonds is 3. The van der Waals surface area contributed by atoms with Crippen LogP contribution in [-0.4, -0.2) is 27.2 Å². The van der Waals surface area contributed by atoms with Gasteiger partial charge in [-0.2, -0.15) is 0 Å². The largest absolute Gasteiger partial charge is 0.392 e. The van der Waals surface area contributed by atoms with Crippen LogP contribution in [0.3, 0.4) is 0 Å². The van der Waals surface area contributed by atoms with E-state index >= 15 is 0 Å². The standard InChI is InChI=1S/C12H19N3O/c1-9-13-7-6-10(15-9)8-14-11-4-2-3-5-12(11)16/h6-7,11-12,14,16H,2-5,8H2,1H3. The van der Waals surface area contributed by atoms with Crippen molar-refractivity contribution in [2.24, 2.45) is 0 Å². The van der Waals surface area contributed by atoms with Crippen LogP contribution in [0.25, 0.3) is 0 Å². The van der Waals surface area contributed by atoms with Crippen molar-refractivity contribution < 1.29 is 5.11 Å². The number of aryl methyl sites for hydroxylation is 1. The summed E-state index contributed by atoms with van der Waals surface area (Å²) in [5.41, 5.74) is 0.991. The first-order valence-corrected chi connectivity index (χ1v) is 5.95. The van der Waals surface area contributed by atoms with Gasteiger partial charge in [-0.05, 0) is 25.8 Å². The highest BCUT2D eigenvalue weighted by atomic mass is 16.3. The Morgan fingerprint density at radius 2 is 2.25 bits per heavy atom. The van der Waals surface area contributed by atoms with Gasteiger partial charge in [0.15, 0.2) is 0 Å². The molecule has 88 valence electrons. The van der Waals surface area contributed by atoms with Gasteiger partial charge in [-0.3, -0.25) is 0 Å². The SMILES string of the molecule is Cc1nccc(CNC2CCCCC2O)n1. The van der Waals surface area contributed by atoms with E-state index in [1.54, 1.807) is 6.20 Å². The highest BCUT2D eigenvalue weighted by Gasteiger charge is 2.22. The summed E-state index contributed by atoms with van der Waals surface area (Å²) in [6.45, 7) is 2.60. The molecule has 0 bridgehead atoms. The van der Waals surface area contributed by atoms with E-state index < -0.39 is 0 Å². The lowest BCUT2D eigenvalue weighted by molar-refractivity contribution is 0.0901. The maximum absolute atomic E-state index is 9.81. The lowest BCUT2D eigenvalue weighted by Gasteiger charge is -2.28. The van der Waals surface area contributed by atoms with Crippen LogP contribution >= 0.6 is 0 Å². The Morgan fingerprint density at radius 3 is 3.00 bits per heavy atom. The highest BCUT2D eigenvalue weighted by Crippen LogP contribution is 2.18. The Labute approximate surface area is 96.1 Å². The first-order valence-electron chi connectivity index (χ1n) is 5.95. The normalized spacial score (nSPS) is 25.6. The minimum atomic E-state index is -0.198. The van der Waals surface area contributed by atoms with Crippen molar-refractivity contribution in [1.29, 1.82) is 0 Å². The van der Waals surface area contributed by atoms with Crippen LogP contribution in [0.15, 0.2) is 12.3 Å². The predicted molar refractivity (Wildman–Crippen MR) is 61.9 cm³/mol. The summed E-state index contributed by atoms with van der Waals surface area (Å²) < 4.78 is 0. The zero-order valence-corrected chi connectivity index (χ0v) is 9.69. The van der Waals surface area contributed by atoms with Gasteiger partial charge in [0.05, 0.1) is 11.8 Å². The van der Waals surface area contributed by atoms with Crippen molar-refractivity contribution in [3.05, 3.63) is 23.8 Å². The molecule has 0 aromatic carbocycles. The summed E-state index contributed by atoms with van der Waals surface area (Å²) in [5.74, 6) is 0.795. The molecule has 1 aromatic heterocycles. The first-order chi connectivity index (χ1) is 7.75. The fourth-order valence-electron chi connectivity index (χ4n) is 2.19. The van der Waals surface area contributed by atoms with Crippen LogP contribution in [0.2, 0.25) is 0 Å². The number of aliphatic hydroxyl groups is 1. The molecule has 1 fully saturated rings. The second kappa shape index (κ2) is 5.37. The van der Waals surface area contributed by atoms with Crippen molar-refractivity contribution in [1.82, 2.24) is 15.3 Å². The third-order valence-electron chi connectivity index (χ3n) is 3.11. The van der Waals surface area contributed by atoms with Crippen molar-refractivity contribution in [3.8, 4) is 0 Å². The molecular weight excluding hydrogens is 202 g/mol. The van der Waals surface area contributed by atoms with E-state index in [2.05, 4.69) is 15.3 Å². The van der Waals surface area contributed by atoms with E-state index in [-0.39, 0.29) is 12.1 Å². The molecule has 0 aliphatic heterocycles. The van der Waals surface area contributed by atoms with Crippen LogP contribution in [0.4, 0.5) is 0 Å². The summed E-state index contributed by atoms with van der Waals surface area (Å²) in [6.07, 6.45) is 5.91. The molecule has 1 heterocycles. The van der Waals surface area contributed by atoms with Crippen LogP contribution < -0.4 is 5.32 Å². The predicted octanol–water partition coefficient (Wildman–Crippen LogP) is 1.18. The molecule has 0 radical (unpaired) electrons. The minimum absolute atomic E-state index is 0.198.